The maximum absolute atomic E-state index is 10.9. The van der Waals surface area contributed by atoms with Gasteiger partial charge in [-0.1, -0.05) is 13.2 Å². The van der Waals surface area contributed by atoms with Crippen LogP contribution in [0.3, 0.4) is 0 Å². The SMILES string of the molecule is C=C(Br)C=NC(=C)C(=O)OCC. The van der Waals surface area contributed by atoms with E-state index in [1.165, 1.54) is 6.21 Å². The van der Waals surface area contributed by atoms with Crippen LogP contribution in [0.2, 0.25) is 0 Å². The zero-order valence-corrected chi connectivity index (χ0v) is 8.43. The van der Waals surface area contributed by atoms with E-state index in [9.17, 15) is 4.79 Å². The van der Waals surface area contributed by atoms with Crippen molar-refractivity contribution in [3.05, 3.63) is 23.3 Å². The molecular weight excluding hydrogens is 222 g/mol. The summed E-state index contributed by atoms with van der Waals surface area (Å²) < 4.78 is 5.22. The Hall–Kier alpha value is -0.900. The van der Waals surface area contributed by atoms with Crippen LogP contribution in [0.1, 0.15) is 6.92 Å². The third-order valence-electron chi connectivity index (χ3n) is 0.872. The minimum atomic E-state index is -0.512. The number of aliphatic imine (C=N–C) groups is 1. The molecular formula is C8H10BrNO2. The fraction of sp³-hybridized carbons (Fsp3) is 0.250. The van der Waals surface area contributed by atoms with Gasteiger partial charge in [0.1, 0.15) is 5.70 Å². The van der Waals surface area contributed by atoms with Crippen LogP contribution in [0, 0.1) is 0 Å². The van der Waals surface area contributed by atoms with Gasteiger partial charge in [0, 0.05) is 10.7 Å². The smallest absolute Gasteiger partial charge is 0.356 e. The summed E-state index contributed by atoms with van der Waals surface area (Å²) >= 11 is 3.05. The van der Waals surface area contributed by atoms with Crippen molar-refractivity contribution in [1.82, 2.24) is 0 Å². The van der Waals surface area contributed by atoms with E-state index < -0.39 is 5.97 Å². The molecule has 0 radical (unpaired) electrons. The first-order chi connectivity index (χ1) is 5.57. The highest BCUT2D eigenvalue weighted by Gasteiger charge is 2.03. The van der Waals surface area contributed by atoms with Crippen molar-refractivity contribution in [2.75, 3.05) is 6.61 Å². The van der Waals surface area contributed by atoms with Crippen LogP contribution in [0.25, 0.3) is 0 Å². The van der Waals surface area contributed by atoms with Crippen molar-refractivity contribution in [3.63, 3.8) is 0 Å². The summed E-state index contributed by atoms with van der Waals surface area (Å²) in [5, 5.41) is 0. The number of allylic oxidation sites excluding steroid dienone is 1. The summed E-state index contributed by atoms with van der Waals surface area (Å²) in [5.74, 6) is -0.512. The Balaban J connectivity index is 4.04. The minimum absolute atomic E-state index is 0.0671. The average molecular weight is 232 g/mol. The van der Waals surface area contributed by atoms with Gasteiger partial charge in [-0.3, -0.25) is 0 Å². The number of ether oxygens (including phenoxy) is 1. The molecule has 0 aromatic rings. The summed E-state index contributed by atoms with van der Waals surface area (Å²) in [5.41, 5.74) is 0.0671. The van der Waals surface area contributed by atoms with Gasteiger partial charge in [-0.15, -0.1) is 0 Å². The minimum Gasteiger partial charge on any atom is -0.461 e. The van der Waals surface area contributed by atoms with E-state index in [1.807, 2.05) is 0 Å². The van der Waals surface area contributed by atoms with Crippen molar-refractivity contribution in [1.29, 1.82) is 0 Å². The fourth-order valence-electron chi connectivity index (χ4n) is 0.415. The maximum atomic E-state index is 10.9. The number of halogens is 1. The molecule has 12 heavy (non-hydrogen) atoms. The Morgan fingerprint density at radius 3 is 2.67 bits per heavy atom. The second-order valence-electron chi connectivity index (χ2n) is 1.87. The first-order valence-corrected chi connectivity index (χ1v) is 4.11. The zero-order chi connectivity index (χ0) is 9.56. The van der Waals surface area contributed by atoms with E-state index in [1.54, 1.807) is 6.92 Å². The molecule has 0 amide bonds. The van der Waals surface area contributed by atoms with Crippen molar-refractivity contribution in [2.45, 2.75) is 6.92 Å². The Bertz CT molecular complexity index is 233. The molecule has 4 heteroatoms. The fourth-order valence-corrected chi connectivity index (χ4v) is 0.517. The number of nitrogens with zero attached hydrogens (tertiary/aromatic N) is 1. The number of hydrogen-bond donors (Lipinski definition) is 0. The summed E-state index contributed by atoms with van der Waals surface area (Å²) in [6, 6.07) is 0. The van der Waals surface area contributed by atoms with E-state index in [0.29, 0.717) is 11.1 Å². The number of carbonyl (C=O) groups is 1. The lowest BCUT2D eigenvalue weighted by Crippen LogP contribution is -2.04. The second-order valence-corrected chi connectivity index (χ2v) is 2.89. The van der Waals surface area contributed by atoms with Gasteiger partial charge >= 0.3 is 5.97 Å². The van der Waals surface area contributed by atoms with Crippen molar-refractivity contribution in [2.24, 2.45) is 4.99 Å². The molecule has 0 bridgehead atoms. The number of rotatable bonds is 4. The highest BCUT2D eigenvalue weighted by Crippen LogP contribution is 2.00. The van der Waals surface area contributed by atoms with Crippen LogP contribution in [-0.2, 0) is 9.53 Å². The van der Waals surface area contributed by atoms with Crippen LogP contribution >= 0.6 is 15.9 Å². The van der Waals surface area contributed by atoms with Crippen LogP contribution in [-0.4, -0.2) is 18.8 Å². The van der Waals surface area contributed by atoms with Crippen molar-refractivity contribution >= 4 is 28.1 Å². The Morgan fingerprint density at radius 1 is 1.67 bits per heavy atom. The number of esters is 1. The lowest BCUT2D eigenvalue weighted by atomic mass is 10.5. The summed E-state index contributed by atoms with van der Waals surface area (Å²) in [6.45, 7) is 8.96. The van der Waals surface area contributed by atoms with E-state index >= 15 is 0 Å². The van der Waals surface area contributed by atoms with Crippen molar-refractivity contribution < 1.29 is 9.53 Å². The molecule has 0 saturated carbocycles. The molecule has 0 unspecified atom stereocenters. The Kier molecular flexibility index (Phi) is 5.28. The van der Waals surface area contributed by atoms with E-state index in [4.69, 9.17) is 0 Å². The topological polar surface area (TPSA) is 38.7 Å². The highest BCUT2D eigenvalue weighted by atomic mass is 79.9. The van der Waals surface area contributed by atoms with Gasteiger partial charge in [-0.05, 0) is 22.9 Å². The van der Waals surface area contributed by atoms with Crippen LogP contribution in [0.4, 0.5) is 0 Å². The molecule has 0 aliphatic rings. The van der Waals surface area contributed by atoms with Crippen molar-refractivity contribution in [3.8, 4) is 0 Å². The van der Waals surface area contributed by atoms with Gasteiger partial charge < -0.3 is 4.74 Å². The molecule has 0 atom stereocenters. The monoisotopic (exact) mass is 231 g/mol. The van der Waals surface area contributed by atoms with Gasteiger partial charge in [0.2, 0.25) is 0 Å². The molecule has 0 aromatic carbocycles. The van der Waals surface area contributed by atoms with Gasteiger partial charge in [-0.25, -0.2) is 9.79 Å². The molecule has 0 aromatic heterocycles. The van der Waals surface area contributed by atoms with Gasteiger partial charge in [0.25, 0.3) is 0 Å². The molecule has 0 fully saturated rings. The van der Waals surface area contributed by atoms with Gasteiger partial charge in [0.05, 0.1) is 6.61 Å². The predicted octanol–water partition coefficient (Wildman–Crippen LogP) is 2.04. The van der Waals surface area contributed by atoms with E-state index in [-0.39, 0.29) is 5.70 Å². The van der Waals surface area contributed by atoms with Gasteiger partial charge in [0.15, 0.2) is 0 Å². The standard InChI is InChI=1S/C8H10BrNO2/c1-4-12-8(11)7(3)10-5-6(2)9/h5H,2-4H2,1H3. The van der Waals surface area contributed by atoms with Crippen LogP contribution in [0.15, 0.2) is 28.3 Å². The molecule has 0 aliphatic carbocycles. The molecule has 0 N–H and O–H groups in total. The van der Waals surface area contributed by atoms with E-state index in [0.717, 1.165) is 0 Å². The first kappa shape index (κ1) is 11.1. The normalized spacial score (nSPS) is 9.83. The highest BCUT2D eigenvalue weighted by molar-refractivity contribution is 9.12. The Labute approximate surface area is 80.0 Å². The largest absolute Gasteiger partial charge is 0.461 e. The number of hydrogen-bond acceptors (Lipinski definition) is 3. The predicted molar refractivity (Wildman–Crippen MR) is 52.3 cm³/mol. The third-order valence-corrected chi connectivity index (χ3v) is 1.08. The number of carbonyl (C=O) groups excluding carboxylic acids is 1. The molecule has 0 aliphatic heterocycles. The average Bonchev–Trinajstić information content (AvgIpc) is 2.00. The van der Waals surface area contributed by atoms with Crippen LogP contribution in [0.5, 0.6) is 0 Å². The maximum Gasteiger partial charge on any atom is 0.356 e. The molecule has 0 spiro atoms. The van der Waals surface area contributed by atoms with E-state index in [2.05, 4.69) is 38.8 Å². The molecule has 66 valence electrons. The summed E-state index contributed by atoms with van der Waals surface area (Å²) in [4.78, 5) is 14.6. The lowest BCUT2D eigenvalue weighted by molar-refractivity contribution is -0.138. The second kappa shape index (κ2) is 5.71. The quantitative estimate of drug-likeness (QED) is 0.422. The third kappa shape index (κ3) is 4.85. The molecule has 3 nitrogen and oxygen atoms in total. The lowest BCUT2D eigenvalue weighted by Gasteiger charge is -1.98. The van der Waals surface area contributed by atoms with Crippen LogP contribution < -0.4 is 0 Å². The van der Waals surface area contributed by atoms with Gasteiger partial charge in [-0.2, -0.15) is 0 Å². The first-order valence-electron chi connectivity index (χ1n) is 3.32. The Morgan fingerprint density at radius 2 is 2.25 bits per heavy atom. The zero-order valence-electron chi connectivity index (χ0n) is 6.84. The molecule has 0 rings (SSSR count). The molecule has 0 heterocycles. The summed E-state index contributed by atoms with van der Waals surface area (Å²) in [7, 11) is 0. The summed E-state index contributed by atoms with van der Waals surface area (Å²) in [6.07, 6.45) is 1.39. The molecule has 0 saturated heterocycles.